The van der Waals surface area contributed by atoms with Crippen molar-refractivity contribution in [1.82, 2.24) is 4.57 Å². The van der Waals surface area contributed by atoms with Crippen LogP contribution in [0.5, 0.6) is 0 Å². The first-order chi connectivity index (χ1) is 14.1. The molecule has 0 saturated carbocycles. The number of rotatable bonds is 3. The highest BCUT2D eigenvalue weighted by Crippen LogP contribution is 2.35. The van der Waals surface area contributed by atoms with Crippen LogP contribution in [0.2, 0.25) is 0 Å². The number of hydrogen-bond acceptors (Lipinski definition) is 0. The molecule has 0 fully saturated rings. The van der Waals surface area contributed by atoms with Crippen molar-refractivity contribution in [2.45, 2.75) is 27.3 Å². The van der Waals surface area contributed by atoms with E-state index < -0.39 is 0 Å². The zero-order valence-corrected chi connectivity index (χ0v) is 17.2. The first kappa shape index (κ1) is 17.8. The molecule has 1 aromatic heterocycles. The molecule has 29 heavy (non-hydrogen) atoms. The summed E-state index contributed by atoms with van der Waals surface area (Å²) in [6.07, 6.45) is 0. The van der Waals surface area contributed by atoms with Crippen LogP contribution in [0.4, 0.5) is 0 Å². The van der Waals surface area contributed by atoms with Gasteiger partial charge in [-0.2, -0.15) is 0 Å². The van der Waals surface area contributed by atoms with E-state index in [4.69, 9.17) is 0 Å². The van der Waals surface area contributed by atoms with E-state index in [9.17, 15) is 0 Å². The van der Waals surface area contributed by atoms with Crippen LogP contribution in [-0.2, 0) is 6.54 Å². The Morgan fingerprint density at radius 2 is 0.897 bits per heavy atom. The molecule has 0 aliphatic rings. The molecule has 0 aliphatic carbocycles. The summed E-state index contributed by atoms with van der Waals surface area (Å²) in [4.78, 5) is 0. The maximum absolute atomic E-state index is 2.42. The molecule has 1 nitrogen and oxygen atoms in total. The molecule has 0 atom stereocenters. The third-order valence-electron chi connectivity index (χ3n) is 5.95. The molecule has 0 spiro atoms. The van der Waals surface area contributed by atoms with Gasteiger partial charge in [-0.3, -0.25) is 0 Å². The number of fused-ring (bicyclic) bond motifs is 3. The SMILES string of the molecule is CCn1c2ccc(-c3ccc(C)cc3)cc2c2cc(-c3ccc(C)cc3)ccc21. The second-order valence-electron chi connectivity index (χ2n) is 7.94. The third-order valence-corrected chi connectivity index (χ3v) is 5.95. The molecule has 0 N–H and O–H groups in total. The predicted molar refractivity (Wildman–Crippen MR) is 125 cm³/mol. The zero-order chi connectivity index (χ0) is 20.0. The van der Waals surface area contributed by atoms with Gasteiger partial charge in [-0.25, -0.2) is 0 Å². The lowest BCUT2D eigenvalue weighted by molar-refractivity contribution is 0.827. The van der Waals surface area contributed by atoms with E-state index >= 15 is 0 Å². The second-order valence-corrected chi connectivity index (χ2v) is 7.94. The van der Waals surface area contributed by atoms with Crippen LogP contribution in [0.1, 0.15) is 18.1 Å². The van der Waals surface area contributed by atoms with Gasteiger partial charge in [0.1, 0.15) is 0 Å². The van der Waals surface area contributed by atoms with Gasteiger partial charge in [-0.05, 0) is 67.3 Å². The minimum absolute atomic E-state index is 0.966. The molecule has 1 heterocycles. The Bertz CT molecular complexity index is 1220. The van der Waals surface area contributed by atoms with E-state index in [1.807, 2.05) is 0 Å². The fraction of sp³-hybridized carbons (Fsp3) is 0.143. The molecule has 5 rings (SSSR count). The van der Waals surface area contributed by atoms with Gasteiger partial charge >= 0.3 is 0 Å². The predicted octanol–water partition coefficient (Wildman–Crippen LogP) is 7.77. The summed E-state index contributed by atoms with van der Waals surface area (Å²) in [5.74, 6) is 0. The van der Waals surface area contributed by atoms with Crippen molar-refractivity contribution >= 4 is 21.8 Å². The van der Waals surface area contributed by atoms with Gasteiger partial charge in [0.05, 0.1) is 0 Å². The largest absolute Gasteiger partial charge is 0.341 e. The molecule has 0 radical (unpaired) electrons. The summed E-state index contributed by atoms with van der Waals surface area (Å²) in [5.41, 5.74) is 10.3. The Morgan fingerprint density at radius 3 is 1.28 bits per heavy atom. The highest BCUT2D eigenvalue weighted by Gasteiger charge is 2.12. The molecular weight excluding hydrogens is 350 g/mol. The molecule has 0 saturated heterocycles. The molecule has 1 heteroatoms. The van der Waals surface area contributed by atoms with Gasteiger partial charge < -0.3 is 4.57 Å². The molecule has 5 aromatic rings. The summed E-state index contributed by atoms with van der Waals surface area (Å²) >= 11 is 0. The molecule has 0 unspecified atom stereocenters. The smallest absolute Gasteiger partial charge is 0.0491 e. The molecule has 4 aromatic carbocycles. The van der Waals surface area contributed by atoms with Crippen LogP contribution >= 0.6 is 0 Å². The highest BCUT2D eigenvalue weighted by atomic mass is 15.0. The third kappa shape index (κ3) is 3.03. The van der Waals surface area contributed by atoms with Gasteiger partial charge in [0.15, 0.2) is 0 Å². The number of benzene rings is 4. The Hall–Kier alpha value is -3.32. The zero-order valence-electron chi connectivity index (χ0n) is 17.2. The average molecular weight is 376 g/mol. The van der Waals surface area contributed by atoms with Gasteiger partial charge in [-0.15, -0.1) is 0 Å². The summed E-state index contributed by atoms with van der Waals surface area (Å²) in [7, 11) is 0. The monoisotopic (exact) mass is 375 g/mol. The van der Waals surface area contributed by atoms with Crippen LogP contribution in [-0.4, -0.2) is 4.57 Å². The van der Waals surface area contributed by atoms with Gasteiger partial charge in [0, 0.05) is 28.4 Å². The highest BCUT2D eigenvalue weighted by molar-refractivity contribution is 6.10. The Labute approximate surface area is 172 Å². The van der Waals surface area contributed by atoms with E-state index in [1.165, 1.54) is 55.2 Å². The van der Waals surface area contributed by atoms with E-state index in [2.05, 4.69) is 110 Å². The maximum Gasteiger partial charge on any atom is 0.0491 e. The first-order valence-corrected chi connectivity index (χ1v) is 10.3. The summed E-state index contributed by atoms with van der Waals surface area (Å²) in [6, 6.07) is 31.4. The fourth-order valence-corrected chi connectivity index (χ4v) is 4.30. The lowest BCUT2D eigenvalue weighted by Gasteiger charge is -2.05. The van der Waals surface area contributed by atoms with Crippen LogP contribution in [0.25, 0.3) is 44.1 Å². The van der Waals surface area contributed by atoms with Crippen molar-refractivity contribution in [1.29, 1.82) is 0 Å². The van der Waals surface area contributed by atoms with Crippen molar-refractivity contribution in [2.75, 3.05) is 0 Å². The van der Waals surface area contributed by atoms with Gasteiger partial charge in [0.2, 0.25) is 0 Å². The first-order valence-electron chi connectivity index (χ1n) is 10.3. The van der Waals surface area contributed by atoms with E-state index in [0.29, 0.717) is 0 Å². The summed E-state index contributed by atoms with van der Waals surface area (Å²) in [5, 5.41) is 2.66. The average Bonchev–Trinajstić information content (AvgIpc) is 3.07. The fourth-order valence-electron chi connectivity index (χ4n) is 4.30. The van der Waals surface area contributed by atoms with E-state index in [0.717, 1.165) is 6.54 Å². The maximum atomic E-state index is 2.42. The van der Waals surface area contributed by atoms with Crippen molar-refractivity contribution in [3.8, 4) is 22.3 Å². The number of aromatic nitrogens is 1. The van der Waals surface area contributed by atoms with E-state index in [1.54, 1.807) is 0 Å². The Balaban J connectivity index is 1.74. The summed E-state index contributed by atoms with van der Waals surface area (Å²) < 4.78 is 2.42. The molecular formula is C28H25N. The van der Waals surface area contributed by atoms with Crippen molar-refractivity contribution in [2.24, 2.45) is 0 Å². The Morgan fingerprint density at radius 1 is 0.517 bits per heavy atom. The van der Waals surface area contributed by atoms with Crippen molar-refractivity contribution in [3.63, 3.8) is 0 Å². The van der Waals surface area contributed by atoms with Crippen LogP contribution in [0, 0.1) is 13.8 Å². The second kappa shape index (κ2) is 6.93. The van der Waals surface area contributed by atoms with Crippen LogP contribution in [0.3, 0.4) is 0 Å². The minimum atomic E-state index is 0.966. The number of aryl methyl sites for hydroxylation is 3. The van der Waals surface area contributed by atoms with Crippen molar-refractivity contribution in [3.05, 3.63) is 96.1 Å². The van der Waals surface area contributed by atoms with Gasteiger partial charge in [-0.1, -0.05) is 71.8 Å². The van der Waals surface area contributed by atoms with Crippen molar-refractivity contribution < 1.29 is 0 Å². The van der Waals surface area contributed by atoms with Crippen LogP contribution in [0.15, 0.2) is 84.9 Å². The molecule has 0 aliphatic heterocycles. The summed E-state index contributed by atoms with van der Waals surface area (Å²) in [6.45, 7) is 7.46. The van der Waals surface area contributed by atoms with Crippen LogP contribution < -0.4 is 0 Å². The topological polar surface area (TPSA) is 4.93 Å². The lowest BCUT2D eigenvalue weighted by Crippen LogP contribution is -1.92. The standard InChI is InChI=1S/C28H25N/c1-4-29-27-15-13-23(21-9-5-19(2)6-10-21)17-25(27)26-18-24(14-16-28(26)29)22-11-7-20(3)8-12-22/h5-18H,4H2,1-3H3. The van der Waals surface area contributed by atoms with Gasteiger partial charge in [0.25, 0.3) is 0 Å². The molecule has 142 valence electrons. The van der Waals surface area contributed by atoms with E-state index in [-0.39, 0.29) is 0 Å². The number of nitrogens with zero attached hydrogens (tertiary/aromatic N) is 1. The normalized spacial score (nSPS) is 11.4. The number of hydrogen-bond donors (Lipinski definition) is 0. The Kier molecular flexibility index (Phi) is 4.24. The quantitative estimate of drug-likeness (QED) is 0.303. The molecule has 0 amide bonds. The molecule has 0 bridgehead atoms. The lowest BCUT2D eigenvalue weighted by atomic mass is 9.99. The minimum Gasteiger partial charge on any atom is -0.341 e.